The number of nitrogens with one attached hydrogen (secondary N) is 1. The zero-order valence-corrected chi connectivity index (χ0v) is 11.4. The molecule has 0 bridgehead atoms. The molecule has 1 amide bonds. The zero-order valence-electron chi connectivity index (χ0n) is 11.4. The third-order valence-corrected chi connectivity index (χ3v) is 2.86. The predicted molar refractivity (Wildman–Crippen MR) is 73.9 cm³/mol. The number of unbranched alkanes of at least 4 members (excludes halogenated alkanes) is 3. The summed E-state index contributed by atoms with van der Waals surface area (Å²) in [5.41, 5.74) is 0.688. The lowest BCUT2D eigenvalue weighted by Crippen LogP contribution is -2.24. The highest BCUT2D eigenvalue weighted by Gasteiger charge is 2.03. The van der Waals surface area contributed by atoms with Crippen molar-refractivity contribution in [2.24, 2.45) is 0 Å². The number of ether oxygens (including phenoxy) is 1. The zero-order chi connectivity index (χ0) is 13.9. The Morgan fingerprint density at radius 1 is 1.05 bits per heavy atom. The number of methoxy groups -OCH3 is 1. The van der Waals surface area contributed by atoms with Gasteiger partial charge in [0.05, 0.1) is 7.11 Å². The first-order valence-corrected chi connectivity index (χ1v) is 6.64. The lowest BCUT2D eigenvalue weighted by atomic mass is 10.1. The Balaban J connectivity index is 2.02. The van der Waals surface area contributed by atoms with Gasteiger partial charge in [-0.25, -0.2) is 0 Å². The fourth-order valence-corrected chi connectivity index (χ4v) is 1.74. The molecule has 0 unspecified atom stereocenters. The van der Waals surface area contributed by atoms with Crippen LogP contribution in [0.2, 0.25) is 0 Å². The van der Waals surface area contributed by atoms with E-state index >= 15 is 0 Å². The van der Waals surface area contributed by atoms with Crippen molar-refractivity contribution < 1.29 is 14.3 Å². The molecule has 0 aliphatic carbocycles. The van der Waals surface area contributed by atoms with Crippen molar-refractivity contribution in [3.63, 3.8) is 0 Å². The van der Waals surface area contributed by atoms with Gasteiger partial charge in [0.2, 0.25) is 0 Å². The van der Waals surface area contributed by atoms with Crippen LogP contribution < -0.4 is 5.32 Å². The lowest BCUT2D eigenvalue weighted by molar-refractivity contribution is -0.140. The molecule has 0 fully saturated rings. The average molecular weight is 263 g/mol. The SMILES string of the molecule is COC(=O)CCCCCCNC(=O)c1ccccc1. The molecule has 0 heterocycles. The third-order valence-electron chi connectivity index (χ3n) is 2.86. The molecule has 0 saturated heterocycles. The molecular weight excluding hydrogens is 242 g/mol. The molecule has 1 rings (SSSR count). The summed E-state index contributed by atoms with van der Waals surface area (Å²) in [6, 6.07) is 9.18. The summed E-state index contributed by atoms with van der Waals surface area (Å²) in [6.45, 7) is 0.673. The van der Waals surface area contributed by atoms with Crippen LogP contribution in [0.5, 0.6) is 0 Å². The number of amides is 1. The van der Waals surface area contributed by atoms with E-state index in [-0.39, 0.29) is 11.9 Å². The minimum Gasteiger partial charge on any atom is -0.469 e. The number of carbonyl (C=O) groups excluding carboxylic acids is 2. The summed E-state index contributed by atoms with van der Waals surface area (Å²) in [6.07, 6.45) is 4.24. The van der Waals surface area contributed by atoms with Crippen LogP contribution in [0, 0.1) is 0 Å². The molecule has 0 spiro atoms. The van der Waals surface area contributed by atoms with E-state index in [9.17, 15) is 9.59 Å². The molecule has 1 N–H and O–H groups in total. The smallest absolute Gasteiger partial charge is 0.305 e. The first kappa shape index (κ1) is 15.2. The molecule has 0 aromatic heterocycles. The van der Waals surface area contributed by atoms with E-state index in [0.717, 1.165) is 25.7 Å². The molecule has 104 valence electrons. The maximum absolute atomic E-state index is 11.7. The maximum atomic E-state index is 11.7. The Bertz CT molecular complexity index is 390. The number of esters is 1. The first-order valence-electron chi connectivity index (χ1n) is 6.64. The van der Waals surface area contributed by atoms with Gasteiger partial charge in [-0.2, -0.15) is 0 Å². The fraction of sp³-hybridized carbons (Fsp3) is 0.467. The molecule has 1 aromatic rings. The predicted octanol–water partition coefficient (Wildman–Crippen LogP) is 2.54. The second-order valence-electron chi connectivity index (χ2n) is 4.36. The number of hydrogen-bond acceptors (Lipinski definition) is 3. The Hall–Kier alpha value is -1.84. The van der Waals surface area contributed by atoms with E-state index in [0.29, 0.717) is 18.5 Å². The minimum atomic E-state index is -0.155. The molecule has 4 nitrogen and oxygen atoms in total. The summed E-state index contributed by atoms with van der Waals surface area (Å²) in [5.74, 6) is -0.187. The molecule has 0 aliphatic rings. The second-order valence-corrected chi connectivity index (χ2v) is 4.36. The van der Waals surface area contributed by atoms with E-state index in [1.165, 1.54) is 7.11 Å². The van der Waals surface area contributed by atoms with Gasteiger partial charge in [0.25, 0.3) is 5.91 Å². The van der Waals surface area contributed by atoms with E-state index in [1.807, 2.05) is 18.2 Å². The highest BCUT2D eigenvalue weighted by Crippen LogP contribution is 2.03. The molecule has 0 saturated carbocycles. The Morgan fingerprint density at radius 2 is 1.74 bits per heavy atom. The van der Waals surface area contributed by atoms with Crippen LogP contribution in [0.4, 0.5) is 0 Å². The monoisotopic (exact) mass is 263 g/mol. The standard InChI is InChI=1S/C15H21NO3/c1-19-14(17)11-7-2-3-8-12-16-15(18)13-9-5-4-6-10-13/h4-6,9-10H,2-3,7-8,11-12H2,1H3,(H,16,18). The van der Waals surface area contributed by atoms with Gasteiger partial charge in [-0.15, -0.1) is 0 Å². The van der Waals surface area contributed by atoms with Gasteiger partial charge >= 0.3 is 5.97 Å². The van der Waals surface area contributed by atoms with E-state index in [1.54, 1.807) is 12.1 Å². The van der Waals surface area contributed by atoms with Crippen LogP contribution in [0.25, 0.3) is 0 Å². The minimum absolute atomic E-state index is 0.0323. The molecule has 0 radical (unpaired) electrons. The van der Waals surface area contributed by atoms with Crippen molar-refractivity contribution in [2.45, 2.75) is 32.1 Å². The molecular formula is C15H21NO3. The number of carbonyl (C=O) groups is 2. The van der Waals surface area contributed by atoms with Crippen LogP contribution in [0.3, 0.4) is 0 Å². The summed E-state index contributed by atoms with van der Waals surface area (Å²) in [7, 11) is 1.40. The summed E-state index contributed by atoms with van der Waals surface area (Å²) >= 11 is 0. The molecule has 4 heteroatoms. The lowest BCUT2D eigenvalue weighted by Gasteiger charge is -2.05. The van der Waals surface area contributed by atoms with Crippen molar-refractivity contribution in [3.05, 3.63) is 35.9 Å². The maximum Gasteiger partial charge on any atom is 0.305 e. The summed E-state index contributed by atoms with van der Waals surface area (Å²) in [4.78, 5) is 22.6. The topological polar surface area (TPSA) is 55.4 Å². The van der Waals surface area contributed by atoms with Gasteiger partial charge in [-0.05, 0) is 25.0 Å². The third kappa shape index (κ3) is 6.60. The molecule has 0 aliphatic heterocycles. The van der Waals surface area contributed by atoms with Crippen LogP contribution in [0.15, 0.2) is 30.3 Å². The highest BCUT2D eigenvalue weighted by atomic mass is 16.5. The van der Waals surface area contributed by atoms with Crippen LogP contribution in [-0.4, -0.2) is 25.5 Å². The fourth-order valence-electron chi connectivity index (χ4n) is 1.74. The van der Waals surface area contributed by atoms with Crippen molar-refractivity contribution in [3.8, 4) is 0 Å². The number of benzene rings is 1. The van der Waals surface area contributed by atoms with Gasteiger partial charge in [-0.3, -0.25) is 9.59 Å². The van der Waals surface area contributed by atoms with Gasteiger partial charge in [-0.1, -0.05) is 31.0 Å². The largest absolute Gasteiger partial charge is 0.469 e. The van der Waals surface area contributed by atoms with Gasteiger partial charge in [0.15, 0.2) is 0 Å². The second kappa shape index (κ2) is 9.14. The van der Waals surface area contributed by atoms with Crippen molar-refractivity contribution >= 4 is 11.9 Å². The van der Waals surface area contributed by atoms with E-state index in [4.69, 9.17) is 0 Å². The van der Waals surface area contributed by atoms with E-state index in [2.05, 4.69) is 10.1 Å². The van der Waals surface area contributed by atoms with Crippen molar-refractivity contribution in [2.75, 3.05) is 13.7 Å². The van der Waals surface area contributed by atoms with Gasteiger partial charge in [0.1, 0.15) is 0 Å². The Kier molecular flexibility index (Phi) is 7.32. The molecule has 19 heavy (non-hydrogen) atoms. The normalized spacial score (nSPS) is 9.95. The van der Waals surface area contributed by atoms with Crippen molar-refractivity contribution in [1.82, 2.24) is 5.32 Å². The molecule has 0 atom stereocenters. The number of rotatable bonds is 8. The van der Waals surface area contributed by atoms with E-state index < -0.39 is 0 Å². The molecule has 1 aromatic carbocycles. The number of hydrogen-bond donors (Lipinski definition) is 1. The highest BCUT2D eigenvalue weighted by molar-refractivity contribution is 5.94. The summed E-state index contributed by atoms with van der Waals surface area (Å²) < 4.78 is 4.56. The van der Waals surface area contributed by atoms with Crippen LogP contribution in [-0.2, 0) is 9.53 Å². The van der Waals surface area contributed by atoms with Crippen LogP contribution in [0.1, 0.15) is 42.5 Å². The quantitative estimate of drug-likeness (QED) is 0.579. The van der Waals surface area contributed by atoms with Crippen molar-refractivity contribution in [1.29, 1.82) is 0 Å². The summed E-state index contributed by atoms with van der Waals surface area (Å²) in [5, 5.41) is 2.88. The Morgan fingerprint density at radius 3 is 2.42 bits per heavy atom. The van der Waals surface area contributed by atoms with Gasteiger partial charge < -0.3 is 10.1 Å². The first-order chi connectivity index (χ1) is 9.24. The Labute approximate surface area is 114 Å². The average Bonchev–Trinajstić information content (AvgIpc) is 2.46. The van der Waals surface area contributed by atoms with Gasteiger partial charge in [0, 0.05) is 18.5 Å². The van der Waals surface area contributed by atoms with Crippen LogP contribution >= 0.6 is 0 Å².